The first-order valence-corrected chi connectivity index (χ1v) is 7.16. The maximum Gasteiger partial charge on any atom is 0.307 e. The number of ether oxygens (including phenoxy) is 1. The van der Waals surface area contributed by atoms with Crippen molar-refractivity contribution in [2.75, 3.05) is 13.2 Å². The zero-order valence-electron chi connectivity index (χ0n) is 10.5. The van der Waals surface area contributed by atoms with Gasteiger partial charge in [-0.25, -0.2) is 13.1 Å². The van der Waals surface area contributed by atoms with Gasteiger partial charge in [-0.05, 0) is 26.0 Å². The van der Waals surface area contributed by atoms with Crippen molar-refractivity contribution in [1.29, 1.82) is 0 Å². The van der Waals surface area contributed by atoms with Gasteiger partial charge < -0.3 is 4.74 Å². The molecule has 0 spiro atoms. The second kappa shape index (κ2) is 6.51. The van der Waals surface area contributed by atoms with E-state index >= 15 is 0 Å². The summed E-state index contributed by atoms with van der Waals surface area (Å²) in [5, 5.41) is 0. The molecule has 1 N–H and O–H groups in total. The van der Waals surface area contributed by atoms with Gasteiger partial charge in [-0.2, -0.15) is 0 Å². The molecule has 0 saturated carbocycles. The minimum atomic E-state index is -3.55. The number of hydrogen-bond acceptors (Lipinski definition) is 4. The van der Waals surface area contributed by atoms with Crippen LogP contribution in [0.25, 0.3) is 0 Å². The van der Waals surface area contributed by atoms with Crippen LogP contribution in [0.4, 0.5) is 0 Å². The predicted octanol–water partition coefficient (Wildman–Crippen LogP) is 1.23. The second-order valence-electron chi connectivity index (χ2n) is 3.77. The summed E-state index contributed by atoms with van der Waals surface area (Å²) in [6, 6.07) is 6.50. The highest BCUT2D eigenvalue weighted by Gasteiger charge is 2.13. The summed E-state index contributed by atoms with van der Waals surface area (Å²) in [5.41, 5.74) is 0.987. The molecule has 0 aromatic heterocycles. The summed E-state index contributed by atoms with van der Waals surface area (Å²) < 4.78 is 30.7. The Balaban J connectivity index is 2.55. The molecule has 6 heteroatoms. The van der Waals surface area contributed by atoms with Gasteiger partial charge in [-0.3, -0.25) is 4.79 Å². The third-order valence-corrected chi connectivity index (χ3v) is 3.73. The van der Waals surface area contributed by atoms with Gasteiger partial charge >= 0.3 is 5.97 Å². The molecule has 0 heterocycles. The van der Waals surface area contributed by atoms with Crippen molar-refractivity contribution >= 4 is 16.0 Å². The molecule has 1 rings (SSSR count). The molecule has 100 valence electrons. The van der Waals surface area contributed by atoms with Gasteiger partial charge in [0, 0.05) is 6.54 Å². The number of aryl methyl sites for hydroxylation is 1. The van der Waals surface area contributed by atoms with Gasteiger partial charge in [-0.1, -0.05) is 17.7 Å². The molecule has 0 amide bonds. The predicted molar refractivity (Wildman–Crippen MR) is 67.6 cm³/mol. The summed E-state index contributed by atoms with van der Waals surface area (Å²) in [7, 11) is -3.55. The molecule has 0 unspecified atom stereocenters. The second-order valence-corrected chi connectivity index (χ2v) is 5.53. The fourth-order valence-electron chi connectivity index (χ4n) is 1.32. The number of carbonyl (C=O) groups is 1. The average molecular weight is 271 g/mol. The Morgan fingerprint density at radius 3 is 2.44 bits per heavy atom. The van der Waals surface area contributed by atoms with Crippen LogP contribution >= 0.6 is 0 Å². The van der Waals surface area contributed by atoms with Crippen LogP contribution in [-0.2, 0) is 19.6 Å². The van der Waals surface area contributed by atoms with E-state index in [4.69, 9.17) is 4.74 Å². The van der Waals surface area contributed by atoms with Gasteiger partial charge in [0.15, 0.2) is 0 Å². The number of esters is 1. The highest BCUT2D eigenvalue weighted by Crippen LogP contribution is 2.09. The molecular weight excluding hydrogens is 254 g/mol. The van der Waals surface area contributed by atoms with Gasteiger partial charge in [0.1, 0.15) is 0 Å². The first-order chi connectivity index (χ1) is 8.45. The molecule has 5 nitrogen and oxygen atoms in total. The van der Waals surface area contributed by atoms with Gasteiger partial charge in [-0.15, -0.1) is 0 Å². The van der Waals surface area contributed by atoms with Crippen molar-refractivity contribution in [3.8, 4) is 0 Å². The molecular formula is C12H17NO4S. The van der Waals surface area contributed by atoms with Gasteiger partial charge in [0.2, 0.25) is 10.0 Å². The Kier molecular flexibility index (Phi) is 5.30. The Morgan fingerprint density at radius 1 is 1.28 bits per heavy atom. The van der Waals surface area contributed by atoms with Crippen molar-refractivity contribution in [2.24, 2.45) is 0 Å². The molecule has 0 aliphatic heterocycles. The van der Waals surface area contributed by atoms with Crippen LogP contribution in [0.5, 0.6) is 0 Å². The summed E-state index contributed by atoms with van der Waals surface area (Å²) in [4.78, 5) is 11.2. The fourth-order valence-corrected chi connectivity index (χ4v) is 2.35. The molecule has 0 aliphatic rings. The standard InChI is InChI=1S/C12H17NO4S/c1-3-17-12(14)8-9-13-18(15,16)11-6-4-10(2)5-7-11/h4-7,13H,3,8-9H2,1-2H3. The van der Waals surface area contributed by atoms with Crippen molar-refractivity contribution < 1.29 is 17.9 Å². The van der Waals surface area contributed by atoms with Crippen LogP contribution in [0, 0.1) is 6.92 Å². The Bertz CT molecular complexity index is 493. The highest BCUT2D eigenvalue weighted by atomic mass is 32.2. The summed E-state index contributed by atoms with van der Waals surface area (Å²) in [5.74, 6) is -0.413. The first kappa shape index (κ1) is 14.7. The van der Waals surface area contributed by atoms with E-state index in [1.807, 2.05) is 6.92 Å². The lowest BCUT2D eigenvalue weighted by atomic mass is 10.2. The molecule has 0 aliphatic carbocycles. The van der Waals surface area contributed by atoms with Crippen LogP contribution in [-0.4, -0.2) is 27.5 Å². The topological polar surface area (TPSA) is 72.5 Å². The number of sulfonamides is 1. The Morgan fingerprint density at radius 2 is 1.89 bits per heavy atom. The molecule has 0 saturated heterocycles. The minimum absolute atomic E-state index is 0.0267. The maximum atomic E-state index is 11.8. The lowest BCUT2D eigenvalue weighted by Gasteiger charge is -2.06. The lowest BCUT2D eigenvalue weighted by molar-refractivity contribution is -0.142. The third kappa shape index (κ3) is 4.46. The van der Waals surface area contributed by atoms with E-state index in [2.05, 4.69) is 4.72 Å². The number of carbonyl (C=O) groups excluding carboxylic acids is 1. The van der Waals surface area contributed by atoms with E-state index < -0.39 is 16.0 Å². The van der Waals surface area contributed by atoms with Gasteiger partial charge in [0.05, 0.1) is 17.9 Å². The average Bonchev–Trinajstić information content (AvgIpc) is 2.29. The largest absolute Gasteiger partial charge is 0.466 e. The van der Waals surface area contributed by atoms with Crippen molar-refractivity contribution in [1.82, 2.24) is 4.72 Å². The van der Waals surface area contributed by atoms with Crippen molar-refractivity contribution in [2.45, 2.75) is 25.2 Å². The van der Waals surface area contributed by atoms with Gasteiger partial charge in [0.25, 0.3) is 0 Å². The first-order valence-electron chi connectivity index (χ1n) is 5.67. The van der Waals surface area contributed by atoms with Crippen LogP contribution in [0.2, 0.25) is 0 Å². The molecule has 0 fully saturated rings. The summed E-state index contributed by atoms with van der Waals surface area (Å²) >= 11 is 0. The number of nitrogens with one attached hydrogen (secondary N) is 1. The van der Waals surface area contributed by atoms with E-state index in [-0.39, 0.29) is 17.9 Å². The zero-order valence-corrected chi connectivity index (χ0v) is 11.3. The molecule has 1 aromatic rings. The van der Waals surface area contributed by atoms with E-state index in [0.717, 1.165) is 5.56 Å². The smallest absolute Gasteiger partial charge is 0.307 e. The molecule has 0 radical (unpaired) electrons. The normalized spacial score (nSPS) is 11.2. The third-order valence-electron chi connectivity index (χ3n) is 2.26. The number of benzene rings is 1. The highest BCUT2D eigenvalue weighted by molar-refractivity contribution is 7.89. The fraction of sp³-hybridized carbons (Fsp3) is 0.417. The van der Waals surface area contributed by atoms with Crippen LogP contribution in [0.1, 0.15) is 18.9 Å². The maximum absolute atomic E-state index is 11.8. The Labute approximate surface area is 107 Å². The zero-order chi connectivity index (χ0) is 13.6. The van der Waals surface area contributed by atoms with E-state index in [9.17, 15) is 13.2 Å². The van der Waals surface area contributed by atoms with E-state index in [1.165, 1.54) is 12.1 Å². The van der Waals surface area contributed by atoms with Crippen LogP contribution < -0.4 is 4.72 Å². The van der Waals surface area contributed by atoms with Crippen LogP contribution in [0.15, 0.2) is 29.2 Å². The quantitative estimate of drug-likeness (QED) is 0.790. The minimum Gasteiger partial charge on any atom is -0.466 e. The summed E-state index contributed by atoms with van der Waals surface area (Å²) in [6.45, 7) is 3.91. The summed E-state index contributed by atoms with van der Waals surface area (Å²) in [6.07, 6.45) is 0.0267. The lowest BCUT2D eigenvalue weighted by Crippen LogP contribution is -2.26. The van der Waals surface area contributed by atoms with Crippen molar-refractivity contribution in [3.63, 3.8) is 0 Å². The van der Waals surface area contributed by atoms with E-state index in [1.54, 1.807) is 19.1 Å². The SMILES string of the molecule is CCOC(=O)CCNS(=O)(=O)c1ccc(C)cc1. The molecule has 1 aromatic carbocycles. The van der Waals surface area contributed by atoms with Crippen molar-refractivity contribution in [3.05, 3.63) is 29.8 Å². The monoisotopic (exact) mass is 271 g/mol. The number of rotatable bonds is 6. The Hall–Kier alpha value is -1.40. The molecule has 0 bridgehead atoms. The van der Waals surface area contributed by atoms with Crippen LogP contribution in [0.3, 0.4) is 0 Å². The number of hydrogen-bond donors (Lipinski definition) is 1. The molecule has 18 heavy (non-hydrogen) atoms. The molecule has 0 atom stereocenters. The van der Waals surface area contributed by atoms with E-state index in [0.29, 0.717) is 6.61 Å².